The minimum atomic E-state index is 0.0273. The van der Waals surface area contributed by atoms with Gasteiger partial charge in [0, 0.05) is 6.54 Å². The molecule has 1 aromatic heterocycles. The second-order valence-corrected chi connectivity index (χ2v) is 6.36. The van der Waals surface area contributed by atoms with Crippen molar-refractivity contribution in [2.45, 2.75) is 69.3 Å². The molecule has 2 rings (SSSR count). The molecule has 1 heterocycles. The van der Waals surface area contributed by atoms with Crippen molar-refractivity contribution in [1.82, 2.24) is 14.8 Å². The Bertz CT molecular complexity index is 443. The number of nitrogens with zero attached hydrogens (tertiary/aromatic N) is 4. The van der Waals surface area contributed by atoms with E-state index in [0.29, 0.717) is 5.92 Å². The molecule has 4 nitrogen and oxygen atoms in total. The molecule has 1 aromatic rings. The second-order valence-electron chi connectivity index (χ2n) is 5.25. The number of hydrogen-bond donors (Lipinski definition) is 0. The Morgan fingerprint density at radius 1 is 1.37 bits per heavy atom. The van der Waals surface area contributed by atoms with E-state index in [1.165, 1.54) is 32.1 Å². The van der Waals surface area contributed by atoms with Crippen molar-refractivity contribution in [1.29, 1.82) is 5.26 Å². The third-order valence-corrected chi connectivity index (χ3v) is 5.04. The summed E-state index contributed by atoms with van der Waals surface area (Å²) in [6.45, 7) is 5.06. The summed E-state index contributed by atoms with van der Waals surface area (Å²) in [6, 6.07) is 2.48. The van der Waals surface area contributed by atoms with Gasteiger partial charge in [0.2, 0.25) is 0 Å². The van der Waals surface area contributed by atoms with E-state index in [0.717, 1.165) is 23.9 Å². The van der Waals surface area contributed by atoms with E-state index in [2.05, 4.69) is 27.8 Å². The molecule has 0 radical (unpaired) electrons. The molecule has 0 spiro atoms. The molecular formula is C14H22N4S. The van der Waals surface area contributed by atoms with Crippen LogP contribution in [0.25, 0.3) is 0 Å². The molecule has 0 aliphatic heterocycles. The molecule has 0 amide bonds. The highest BCUT2D eigenvalue weighted by Crippen LogP contribution is 2.35. The summed E-state index contributed by atoms with van der Waals surface area (Å²) in [5.41, 5.74) is 0. The standard InChI is InChI=1S/C14H22N4S/c1-3-9-18-11(2)16-17-14(18)19-13(10-15)12-7-5-4-6-8-12/h12-13H,3-9H2,1-2H3/t13-/m1/s1. The number of nitriles is 1. The van der Waals surface area contributed by atoms with Crippen molar-refractivity contribution < 1.29 is 0 Å². The molecule has 0 N–H and O–H groups in total. The molecular weight excluding hydrogens is 256 g/mol. The summed E-state index contributed by atoms with van der Waals surface area (Å²) in [5.74, 6) is 1.47. The monoisotopic (exact) mass is 278 g/mol. The van der Waals surface area contributed by atoms with E-state index in [4.69, 9.17) is 0 Å². The third-order valence-electron chi connectivity index (χ3n) is 3.79. The van der Waals surface area contributed by atoms with Crippen molar-refractivity contribution >= 4 is 11.8 Å². The highest BCUT2D eigenvalue weighted by atomic mass is 32.2. The summed E-state index contributed by atoms with van der Waals surface area (Å²) in [7, 11) is 0. The van der Waals surface area contributed by atoms with E-state index in [-0.39, 0.29) is 5.25 Å². The summed E-state index contributed by atoms with van der Waals surface area (Å²) in [5, 5.41) is 18.8. The maximum absolute atomic E-state index is 9.44. The van der Waals surface area contributed by atoms with Crippen molar-refractivity contribution in [2.24, 2.45) is 5.92 Å². The Morgan fingerprint density at radius 2 is 2.11 bits per heavy atom. The van der Waals surface area contributed by atoms with Gasteiger partial charge in [-0.2, -0.15) is 5.26 Å². The quantitative estimate of drug-likeness (QED) is 0.773. The van der Waals surface area contributed by atoms with Gasteiger partial charge in [-0.1, -0.05) is 37.9 Å². The first kappa shape index (κ1) is 14.4. The van der Waals surface area contributed by atoms with Crippen molar-refractivity contribution in [3.8, 4) is 6.07 Å². The molecule has 0 bridgehead atoms. The van der Waals surface area contributed by atoms with E-state index in [1.54, 1.807) is 11.8 Å². The van der Waals surface area contributed by atoms with Crippen LogP contribution in [0.1, 0.15) is 51.3 Å². The van der Waals surface area contributed by atoms with Crippen LogP contribution in [0.15, 0.2) is 5.16 Å². The van der Waals surface area contributed by atoms with Gasteiger partial charge in [-0.05, 0) is 32.1 Å². The smallest absolute Gasteiger partial charge is 0.192 e. The molecule has 1 aliphatic rings. The topological polar surface area (TPSA) is 54.5 Å². The third kappa shape index (κ3) is 3.50. The highest BCUT2D eigenvalue weighted by Gasteiger charge is 2.26. The lowest BCUT2D eigenvalue weighted by Crippen LogP contribution is -2.19. The van der Waals surface area contributed by atoms with Gasteiger partial charge in [0.1, 0.15) is 11.1 Å². The van der Waals surface area contributed by atoms with Crippen LogP contribution in [0.3, 0.4) is 0 Å². The molecule has 0 unspecified atom stereocenters. The molecule has 0 aromatic carbocycles. The van der Waals surface area contributed by atoms with E-state index in [9.17, 15) is 5.26 Å². The Labute approximate surface area is 119 Å². The van der Waals surface area contributed by atoms with Crippen molar-refractivity contribution in [2.75, 3.05) is 0 Å². The molecule has 0 saturated heterocycles. The largest absolute Gasteiger partial charge is 0.306 e. The lowest BCUT2D eigenvalue weighted by Gasteiger charge is -2.25. The van der Waals surface area contributed by atoms with Crippen LogP contribution >= 0.6 is 11.8 Å². The van der Waals surface area contributed by atoms with E-state index < -0.39 is 0 Å². The maximum Gasteiger partial charge on any atom is 0.192 e. The molecule has 19 heavy (non-hydrogen) atoms. The van der Waals surface area contributed by atoms with Gasteiger partial charge in [0.05, 0.1) is 6.07 Å². The summed E-state index contributed by atoms with van der Waals surface area (Å²) < 4.78 is 2.14. The number of hydrogen-bond acceptors (Lipinski definition) is 4. The van der Waals surface area contributed by atoms with Gasteiger partial charge in [-0.15, -0.1) is 10.2 Å². The number of aromatic nitrogens is 3. The SMILES string of the molecule is CCCn1c(C)nnc1S[C@H](C#N)C1CCCCC1. The van der Waals surface area contributed by atoms with Crippen LogP contribution in [0, 0.1) is 24.2 Å². The zero-order chi connectivity index (χ0) is 13.7. The average Bonchev–Trinajstić information content (AvgIpc) is 2.79. The van der Waals surface area contributed by atoms with Gasteiger partial charge < -0.3 is 4.57 Å². The Balaban J connectivity index is 2.07. The molecule has 104 valence electrons. The highest BCUT2D eigenvalue weighted by molar-refractivity contribution is 8.00. The first-order valence-corrected chi connectivity index (χ1v) is 8.10. The van der Waals surface area contributed by atoms with Crippen LogP contribution in [-0.4, -0.2) is 20.0 Å². The number of thioether (sulfide) groups is 1. The van der Waals surface area contributed by atoms with E-state index >= 15 is 0 Å². The average molecular weight is 278 g/mol. The number of aryl methyl sites for hydroxylation is 1. The van der Waals surface area contributed by atoms with Crippen molar-refractivity contribution in [3.63, 3.8) is 0 Å². The molecule has 5 heteroatoms. The van der Waals surface area contributed by atoms with Gasteiger partial charge >= 0.3 is 0 Å². The first-order chi connectivity index (χ1) is 9.26. The minimum Gasteiger partial charge on any atom is -0.306 e. The molecule has 1 aliphatic carbocycles. The second kappa shape index (κ2) is 6.95. The zero-order valence-corrected chi connectivity index (χ0v) is 12.6. The summed E-state index contributed by atoms with van der Waals surface area (Å²) in [6.07, 6.45) is 7.30. The van der Waals surface area contributed by atoms with Crippen molar-refractivity contribution in [3.05, 3.63) is 5.82 Å². The van der Waals surface area contributed by atoms with Crippen LogP contribution in [0.4, 0.5) is 0 Å². The number of rotatable bonds is 5. The van der Waals surface area contributed by atoms with Gasteiger partial charge in [-0.3, -0.25) is 0 Å². The maximum atomic E-state index is 9.44. The predicted molar refractivity (Wildman–Crippen MR) is 76.9 cm³/mol. The van der Waals surface area contributed by atoms with Crippen LogP contribution in [0.2, 0.25) is 0 Å². The molecule has 1 atom stereocenters. The Morgan fingerprint density at radius 3 is 2.74 bits per heavy atom. The van der Waals surface area contributed by atoms with Gasteiger partial charge in [-0.25, -0.2) is 0 Å². The minimum absolute atomic E-state index is 0.0273. The molecule has 1 saturated carbocycles. The zero-order valence-electron chi connectivity index (χ0n) is 11.8. The fraction of sp³-hybridized carbons (Fsp3) is 0.786. The van der Waals surface area contributed by atoms with Crippen LogP contribution in [-0.2, 0) is 6.54 Å². The fourth-order valence-electron chi connectivity index (χ4n) is 2.71. The summed E-state index contributed by atoms with van der Waals surface area (Å²) >= 11 is 1.61. The Hall–Kier alpha value is -1.02. The predicted octanol–water partition coefficient (Wildman–Crippen LogP) is 3.56. The summed E-state index contributed by atoms with van der Waals surface area (Å²) in [4.78, 5) is 0. The molecule has 1 fully saturated rings. The first-order valence-electron chi connectivity index (χ1n) is 7.22. The normalized spacial score (nSPS) is 18.2. The lowest BCUT2D eigenvalue weighted by molar-refractivity contribution is 0.369. The fourth-order valence-corrected chi connectivity index (χ4v) is 3.89. The van der Waals surface area contributed by atoms with Crippen LogP contribution < -0.4 is 0 Å². The van der Waals surface area contributed by atoms with Gasteiger partial charge in [0.25, 0.3) is 0 Å². The van der Waals surface area contributed by atoms with Crippen LogP contribution in [0.5, 0.6) is 0 Å². The van der Waals surface area contributed by atoms with E-state index in [1.807, 2.05) is 6.92 Å². The lowest BCUT2D eigenvalue weighted by atomic mass is 9.87. The Kier molecular flexibility index (Phi) is 5.26. The van der Waals surface area contributed by atoms with Gasteiger partial charge in [0.15, 0.2) is 5.16 Å².